The Kier molecular flexibility index (Phi) is 5.24. The number of hydrogen-bond acceptors (Lipinski definition) is 4. The molecule has 0 bridgehead atoms. The number of nitrogens with zero attached hydrogens (tertiary/aromatic N) is 2. The number of likely N-dealkylation sites (tertiary alicyclic amines) is 1. The van der Waals surface area contributed by atoms with Gasteiger partial charge in [0, 0.05) is 17.8 Å². The van der Waals surface area contributed by atoms with Crippen molar-refractivity contribution in [3.63, 3.8) is 0 Å². The highest BCUT2D eigenvalue weighted by molar-refractivity contribution is 5.96. The zero-order valence-corrected chi connectivity index (χ0v) is 16.3. The first kappa shape index (κ1) is 19.4. The van der Waals surface area contributed by atoms with Crippen LogP contribution in [0.4, 0.5) is 10.1 Å². The van der Waals surface area contributed by atoms with Crippen LogP contribution in [-0.2, 0) is 9.53 Å². The average molecular weight is 398 g/mol. The average Bonchev–Trinajstić information content (AvgIpc) is 2.75. The predicted molar refractivity (Wildman–Crippen MR) is 106 cm³/mol. The predicted octanol–water partition coefficient (Wildman–Crippen LogP) is 2.87. The third-order valence-corrected chi connectivity index (χ3v) is 5.51. The van der Waals surface area contributed by atoms with Crippen LogP contribution in [0.15, 0.2) is 48.5 Å². The van der Waals surface area contributed by atoms with E-state index in [0.717, 1.165) is 12.8 Å². The highest BCUT2D eigenvalue weighted by Gasteiger charge is 2.44. The molecule has 2 aromatic carbocycles. The maximum atomic E-state index is 13.7. The third kappa shape index (κ3) is 3.96. The first-order valence-electron chi connectivity index (χ1n) is 9.63. The van der Waals surface area contributed by atoms with Crippen molar-refractivity contribution >= 4 is 17.5 Å². The van der Waals surface area contributed by atoms with Gasteiger partial charge in [-0.3, -0.25) is 9.59 Å². The Morgan fingerprint density at radius 1 is 1.17 bits per heavy atom. The third-order valence-electron chi connectivity index (χ3n) is 5.51. The summed E-state index contributed by atoms with van der Waals surface area (Å²) >= 11 is 0. The van der Waals surface area contributed by atoms with Crippen LogP contribution in [0.5, 0.6) is 5.75 Å². The molecule has 6 nitrogen and oxygen atoms in total. The number of hydrogen-bond donors (Lipinski definition) is 0. The van der Waals surface area contributed by atoms with Gasteiger partial charge in [-0.05, 0) is 49.2 Å². The van der Waals surface area contributed by atoms with Crippen molar-refractivity contribution in [2.45, 2.75) is 18.4 Å². The second-order valence-corrected chi connectivity index (χ2v) is 7.49. The van der Waals surface area contributed by atoms with Crippen molar-refractivity contribution in [2.75, 3.05) is 38.3 Å². The van der Waals surface area contributed by atoms with E-state index in [1.54, 1.807) is 53.3 Å². The van der Waals surface area contributed by atoms with E-state index >= 15 is 0 Å². The van der Waals surface area contributed by atoms with Gasteiger partial charge in [0.2, 0.25) is 0 Å². The summed E-state index contributed by atoms with van der Waals surface area (Å²) < 4.78 is 24.8. The van der Waals surface area contributed by atoms with Crippen molar-refractivity contribution in [3.05, 3.63) is 59.9 Å². The number of carbonyl (C=O) groups is 2. The normalized spacial score (nSPS) is 22.1. The molecule has 0 aromatic heterocycles. The molecule has 1 unspecified atom stereocenters. The Morgan fingerprint density at radius 3 is 2.79 bits per heavy atom. The molecule has 2 fully saturated rings. The zero-order valence-electron chi connectivity index (χ0n) is 16.3. The summed E-state index contributed by atoms with van der Waals surface area (Å²) in [5.41, 5.74) is 0.400. The van der Waals surface area contributed by atoms with E-state index in [4.69, 9.17) is 9.47 Å². The number of benzene rings is 2. The standard InChI is InChI=1S/C22H23FN2O4/c1-28-19-8-2-5-16(11-19)21(27)24-10-4-9-22(14-24)15-25(20(26)13-29-22)18-7-3-6-17(23)12-18/h2-3,5-8,11-12H,4,9-10,13-15H2,1H3. The molecular weight excluding hydrogens is 375 g/mol. The molecule has 0 saturated carbocycles. The van der Waals surface area contributed by atoms with Gasteiger partial charge in [-0.15, -0.1) is 0 Å². The Hall–Kier alpha value is -2.93. The maximum Gasteiger partial charge on any atom is 0.254 e. The summed E-state index contributed by atoms with van der Waals surface area (Å²) in [6, 6.07) is 13.0. The second kappa shape index (κ2) is 7.83. The zero-order chi connectivity index (χ0) is 20.4. The van der Waals surface area contributed by atoms with E-state index in [9.17, 15) is 14.0 Å². The molecule has 4 rings (SSSR count). The smallest absolute Gasteiger partial charge is 0.254 e. The quantitative estimate of drug-likeness (QED) is 0.798. The van der Waals surface area contributed by atoms with Gasteiger partial charge in [-0.2, -0.15) is 0 Å². The van der Waals surface area contributed by atoms with Crippen LogP contribution < -0.4 is 9.64 Å². The SMILES string of the molecule is COc1cccc(C(=O)N2CCCC3(C2)CN(c2cccc(F)c2)C(=O)CO3)c1. The summed E-state index contributed by atoms with van der Waals surface area (Å²) in [7, 11) is 1.56. The van der Waals surface area contributed by atoms with Gasteiger partial charge in [0.25, 0.3) is 11.8 Å². The van der Waals surface area contributed by atoms with Gasteiger partial charge in [-0.1, -0.05) is 12.1 Å². The molecule has 0 radical (unpaired) electrons. The lowest BCUT2D eigenvalue weighted by Gasteiger charge is -2.47. The minimum Gasteiger partial charge on any atom is -0.497 e. The number of methoxy groups -OCH3 is 1. The lowest BCUT2D eigenvalue weighted by molar-refractivity contribution is -0.144. The van der Waals surface area contributed by atoms with Crippen LogP contribution in [0.1, 0.15) is 23.2 Å². The summed E-state index contributed by atoms with van der Waals surface area (Å²) in [5.74, 6) is -0.0769. The Balaban J connectivity index is 1.54. The summed E-state index contributed by atoms with van der Waals surface area (Å²) in [4.78, 5) is 28.8. The molecule has 2 heterocycles. The van der Waals surface area contributed by atoms with E-state index in [1.807, 2.05) is 0 Å². The van der Waals surface area contributed by atoms with Gasteiger partial charge in [0.1, 0.15) is 23.8 Å². The number of piperidine rings is 1. The van der Waals surface area contributed by atoms with Crippen LogP contribution in [0.25, 0.3) is 0 Å². The Bertz CT molecular complexity index is 935. The fraction of sp³-hybridized carbons (Fsp3) is 0.364. The van der Waals surface area contributed by atoms with Gasteiger partial charge in [0.15, 0.2) is 0 Å². The molecule has 1 spiro atoms. The number of rotatable bonds is 3. The number of halogens is 1. The van der Waals surface area contributed by atoms with Gasteiger partial charge >= 0.3 is 0 Å². The fourth-order valence-electron chi connectivity index (χ4n) is 4.05. The largest absolute Gasteiger partial charge is 0.497 e. The molecule has 2 aliphatic heterocycles. The Morgan fingerprint density at radius 2 is 2.00 bits per heavy atom. The number of amides is 2. The molecule has 29 heavy (non-hydrogen) atoms. The van der Waals surface area contributed by atoms with Crippen molar-refractivity contribution in [2.24, 2.45) is 0 Å². The number of ether oxygens (including phenoxy) is 2. The summed E-state index contributed by atoms with van der Waals surface area (Å²) in [6.07, 6.45) is 1.49. The molecular formula is C22H23FN2O4. The first-order chi connectivity index (χ1) is 14.0. The van der Waals surface area contributed by atoms with Crippen LogP contribution >= 0.6 is 0 Å². The molecule has 1 atom stereocenters. The van der Waals surface area contributed by atoms with Crippen LogP contribution in [0, 0.1) is 5.82 Å². The lowest BCUT2D eigenvalue weighted by atomic mass is 9.90. The molecule has 2 amide bonds. The van der Waals surface area contributed by atoms with Gasteiger partial charge in [-0.25, -0.2) is 4.39 Å². The van der Waals surface area contributed by atoms with Crippen LogP contribution in [-0.4, -0.2) is 55.7 Å². The fourth-order valence-corrected chi connectivity index (χ4v) is 4.05. The van der Waals surface area contributed by atoms with E-state index in [2.05, 4.69) is 0 Å². The lowest BCUT2D eigenvalue weighted by Crippen LogP contribution is -2.62. The first-order valence-corrected chi connectivity index (χ1v) is 9.63. The van der Waals surface area contributed by atoms with Crippen molar-refractivity contribution in [1.29, 1.82) is 0 Å². The van der Waals surface area contributed by atoms with E-state index in [1.165, 1.54) is 12.1 Å². The van der Waals surface area contributed by atoms with E-state index < -0.39 is 11.4 Å². The van der Waals surface area contributed by atoms with Crippen LogP contribution in [0.2, 0.25) is 0 Å². The molecule has 2 aromatic rings. The minimum absolute atomic E-state index is 0.0856. The molecule has 152 valence electrons. The Labute approximate surface area is 168 Å². The summed E-state index contributed by atoms with van der Waals surface area (Å²) in [5, 5.41) is 0. The number of anilines is 1. The van der Waals surface area contributed by atoms with E-state index in [0.29, 0.717) is 30.1 Å². The topological polar surface area (TPSA) is 59.1 Å². The van der Waals surface area contributed by atoms with Gasteiger partial charge < -0.3 is 19.3 Å². The number of morpholine rings is 1. The minimum atomic E-state index is -0.660. The maximum absolute atomic E-state index is 13.7. The monoisotopic (exact) mass is 398 g/mol. The van der Waals surface area contributed by atoms with E-state index in [-0.39, 0.29) is 25.0 Å². The van der Waals surface area contributed by atoms with Crippen molar-refractivity contribution < 1.29 is 23.5 Å². The summed E-state index contributed by atoms with van der Waals surface area (Å²) in [6.45, 7) is 1.20. The van der Waals surface area contributed by atoms with Crippen LogP contribution in [0.3, 0.4) is 0 Å². The van der Waals surface area contributed by atoms with Crippen molar-refractivity contribution in [1.82, 2.24) is 4.90 Å². The molecule has 0 N–H and O–H groups in total. The highest BCUT2D eigenvalue weighted by atomic mass is 19.1. The molecule has 2 saturated heterocycles. The number of carbonyl (C=O) groups excluding carboxylic acids is 2. The second-order valence-electron chi connectivity index (χ2n) is 7.49. The molecule has 2 aliphatic rings. The van der Waals surface area contributed by atoms with Gasteiger partial charge in [0.05, 0.1) is 20.2 Å². The highest BCUT2D eigenvalue weighted by Crippen LogP contribution is 2.32. The molecule has 7 heteroatoms. The molecule has 0 aliphatic carbocycles. The van der Waals surface area contributed by atoms with Crippen molar-refractivity contribution in [3.8, 4) is 5.75 Å².